The Hall–Kier alpha value is -1.93. The van der Waals surface area contributed by atoms with Crippen LogP contribution in [0.5, 0.6) is 0 Å². The van der Waals surface area contributed by atoms with Crippen molar-refractivity contribution in [3.05, 3.63) is 22.7 Å². The Morgan fingerprint density at radius 3 is 2.84 bits per heavy atom. The van der Waals surface area contributed by atoms with E-state index in [0.717, 1.165) is 0 Å². The van der Waals surface area contributed by atoms with E-state index in [-0.39, 0.29) is 6.61 Å². The van der Waals surface area contributed by atoms with Gasteiger partial charge in [-0.25, -0.2) is 4.79 Å². The minimum absolute atomic E-state index is 0.270. The predicted octanol–water partition coefficient (Wildman–Crippen LogP) is 2.45. The molecule has 19 heavy (non-hydrogen) atoms. The molecule has 0 aliphatic heterocycles. The van der Waals surface area contributed by atoms with Crippen molar-refractivity contribution in [3.63, 3.8) is 0 Å². The molecule has 6 heteroatoms. The van der Waals surface area contributed by atoms with Gasteiger partial charge in [0.25, 0.3) is 0 Å². The largest absolute Gasteiger partial charge is 0.462 e. The molecular formula is C13H16ClN3O2. The van der Waals surface area contributed by atoms with Crippen LogP contribution >= 0.6 is 11.6 Å². The number of hydrogen-bond acceptors (Lipinski definition) is 5. The summed E-state index contributed by atoms with van der Waals surface area (Å²) in [6, 6.07) is 5.15. The van der Waals surface area contributed by atoms with E-state index in [1.807, 2.05) is 6.07 Å². The fourth-order valence-electron chi connectivity index (χ4n) is 1.70. The van der Waals surface area contributed by atoms with Crippen LogP contribution in [0.4, 0.5) is 11.4 Å². The Bertz CT molecular complexity index is 511. The highest BCUT2D eigenvalue weighted by atomic mass is 35.5. The lowest BCUT2D eigenvalue weighted by molar-refractivity contribution is 0.0527. The molecule has 0 aliphatic carbocycles. The van der Waals surface area contributed by atoms with Gasteiger partial charge in [-0.1, -0.05) is 11.6 Å². The summed E-state index contributed by atoms with van der Waals surface area (Å²) >= 11 is 6.14. The minimum Gasteiger partial charge on any atom is -0.462 e. The molecule has 1 aromatic rings. The standard InChI is InChI=1S/C13H16ClN3O2/c1-3-19-13(18)10-7-9(16)8-11(14)12(10)17(2)6-4-5-15/h7-8H,3-4,6,16H2,1-2H3. The Morgan fingerprint density at radius 2 is 2.26 bits per heavy atom. The molecule has 0 heterocycles. The normalized spacial score (nSPS) is 9.79. The Kier molecular flexibility index (Phi) is 5.46. The average Bonchev–Trinajstić information content (AvgIpc) is 2.35. The van der Waals surface area contributed by atoms with Crippen molar-refractivity contribution in [2.45, 2.75) is 13.3 Å². The van der Waals surface area contributed by atoms with E-state index < -0.39 is 5.97 Å². The molecule has 0 fully saturated rings. The number of nitrogen functional groups attached to an aromatic ring is 1. The molecule has 0 spiro atoms. The molecule has 0 amide bonds. The number of ether oxygens (including phenoxy) is 1. The van der Waals surface area contributed by atoms with E-state index in [1.165, 1.54) is 6.07 Å². The molecule has 1 aromatic carbocycles. The lowest BCUT2D eigenvalue weighted by atomic mass is 10.1. The number of carbonyl (C=O) groups is 1. The van der Waals surface area contributed by atoms with Crippen molar-refractivity contribution in [1.82, 2.24) is 0 Å². The zero-order valence-electron chi connectivity index (χ0n) is 10.9. The van der Waals surface area contributed by atoms with Gasteiger partial charge in [0.1, 0.15) is 0 Å². The van der Waals surface area contributed by atoms with E-state index in [0.29, 0.717) is 34.9 Å². The first-order chi connectivity index (χ1) is 9.01. The fourth-order valence-corrected chi connectivity index (χ4v) is 2.07. The van der Waals surface area contributed by atoms with Crippen LogP contribution in [0, 0.1) is 11.3 Å². The number of hydrogen-bond donors (Lipinski definition) is 1. The lowest BCUT2D eigenvalue weighted by Gasteiger charge is -2.22. The van der Waals surface area contributed by atoms with Crippen molar-refractivity contribution in [2.75, 3.05) is 30.8 Å². The summed E-state index contributed by atoms with van der Waals surface area (Å²) in [5.41, 5.74) is 6.94. The van der Waals surface area contributed by atoms with Gasteiger partial charge >= 0.3 is 5.97 Å². The van der Waals surface area contributed by atoms with Crippen molar-refractivity contribution in [2.24, 2.45) is 0 Å². The number of benzene rings is 1. The summed E-state index contributed by atoms with van der Waals surface area (Å²) < 4.78 is 4.99. The van der Waals surface area contributed by atoms with Crippen LogP contribution in [-0.4, -0.2) is 26.2 Å². The quantitative estimate of drug-likeness (QED) is 0.662. The van der Waals surface area contributed by atoms with Gasteiger partial charge in [-0.2, -0.15) is 5.26 Å². The van der Waals surface area contributed by atoms with Gasteiger partial charge in [0, 0.05) is 19.3 Å². The SMILES string of the molecule is CCOC(=O)c1cc(N)cc(Cl)c1N(C)CCC#N. The first-order valence-electron chi connectivity index (χ1n) is 5.85. The van der Waals surface area contributed by atoms with Crippen LogP contribution in [0.15, 0.2) is 12.1 Å². The van der Waals surface area contributed by atoms with Crippen LogP contribution in [0.25, 0.3) is 0 Å². The monoisotopic (exact) mass is 281 g/mol. The van der Waals surface area contributed by atoms with E-state index in [1.54, 1.807) is 24.9 Å². The minimum atomic E-state index is -0.476. The molecule has 2 N–H and O–H groups in total. The average molecular weight is 282 g/mol. The zero-order valence-corrected chi connectivity index (χ0v) is 11.7. The molecule has 0 radical (unpaired) electrons. The van der Waals surface area contributed by atoms with Crippen LogP contribution in [0.1, 0.15) is 23.7 Å². The number of nitriles is 1. The number of rotatable bonds is 5. The van der Waals surface area contributed by atoms with Crippen LogP contribution < -0.4 is 10.6 Å². The molecular weight excluding hydrogens is 266 g/mol. The summed E-state index contributed by atoms with van der Waals surface area (Å²) in [5.74, 6) is -0.476. The molecule has 0 saturated carbocycles. The van der Waals surface area contributed by atoms with Crippen LogP contribution in [0.2, 0.25) is 5.02 Å². The van der Waals surface area contributed by atoms with E-state index in [4.69, 9.17) is 27.3 Å². The summed E-state index contributed by atoms with van der Waals surface area (Å²) in [4.78, 5) is 13.7. The second-order valence-corrected chi connectivity index (χ2v) is 4.36. The third-order valence-electron chi connectivity index (χ3n) is 2.52. The van der Waals surface area contributed by atoms with E-state index in [9.17, 15) is 4.79 Å². The van der Waals surface area contributed by atoms with Gasteiger partial charge < -0.3 is 15.4 Å². The maximum Gasteiger partial charge on any atom is 0.340 e. The molecule has 0 aliphatic rings. The van der Waals surface area contributed by atoms with Crippen molar-refractivity contribution in [3.8, 4) is 6.07 Å². The summed E-state index contributed by atoms with van der Waals surface area (Å²) in [7, 11) is 1.76. The second kappa shape index (κ2) is 6.86. The van der Waals surface area contributed by atoms with Gasteiger partial charge in [0.05, 0.1) is 35.4 Å². The Balaban J connectivity index is 3.20. The van der Waals surface area contributed by atoms with Gasteiger partial charge in [0.2, 0.25) is 0 Å². The Morgan fingerprint density at radius 1 is 1.58 bits per heavy atom. The van der Waals surface area contributed by atoms with Crippen molar-refractivity contribution < 1.29 is 9.53 Å². The van der Waals surface area contributed by atoms with E-state index >= 15 is 0 Å². The maximum atomic E-state index is 11.9. The van der Waals surface area contributed by atoms with Gasteiger partial charge in [-0.3, -0.25) is 0 Å². The Labute approximate surface area is 117 Å². The van der Waals surface area contributed by atoms with Gasteiger partial charge in [-0.05, 0) is 19.1 Å². The van der Waals surface area contributed by atoms with Crippen LogP contribution in [0.3, 0.4) is 0 Å². The van der Waals surface area contributed by atoms with Crippen molar-refractivity contribution >= 4 is 28.9 Å². The first kappa shape index (κ1) is 15.1. The molecule has 1 rings (SSSR count). The summed E-state index contributed by atoms with van der Waals surface area (Å²) in [6.07, 6.45) is 0.333. The molecule has 102 valence electrons. The molecule has 5 nitrogen and oxygen atoms in total. The van der Waals surface area contributed by atoms with Crippen molar-refractivity contribution in [1.29, 1.82) is 5.26 Å². The maximum absolute atomic E-state index is 11.9. The summed E-state index contributed by atoms with van der Waals surface area (Å²) in [6.45, 7) is 2.46. The third kappa shape index (κ3) is 3.76. The van der Waals surface area contributed by atoms with Gasteiger partial charge in [-0.15, -0.1) is 0 Å². The van der Waals surface area contributed by atoms with Gasteiger partial charge in [0.15, 0.2) is 0 Å². The molecule has 0 aromatic heterocycles. The number of carbonyl (C=O) groups excluding carboxylic acids is 1. The topological polar surface area (TPSA) is 79.3 Å². The number of nitrogens with two attached hydrogens (primary N) is 1. The zero-order chi connectivity index (χ0) is 14.4. The second-order valence-electron chi connectivity index (χ2n) is 3.95. The molecule has 0 saturated heterocycles. The van der Waals surface area contributed by atoms with E-state index in [2.05, 4.69) is 0 Å². The number of anilines is 2. The summed E-state index contributed by atoms with van der Waals surface area (Å²) in [5, 5.41) is 8.98. The predicted molar refractivity (Wildman–Crippen MR) is 75.3 cm³/mol. The highest BCUT2D eigenvalue weighted by Crippen LogP contribution is 2.32. The molecule has 0 atom stereocenters. The fraction of sp³-hybridized carbons (Fsp3) is 0.385. The lowest BCUT2D eigenvalue weighted by Crippen LogP contribution is -2.22. The highest BCUT2D eigenvalue weighted by molar-refractivity contribution is 6.34. The number of esters is 1. The third-order valence-corrected chi connectivity index (χ3v) is 2.81. The highest BCUT2D eigenvalue weighted by Gasteiger charge is 2.19. The number of nitrogens with zero attached hydrogens (tertiary/aromatic N) is 2. The molecule has 0 bridgehead atoms. The smallest absolute Gasteiger partial charge is 0.340 e. The molecule has 0 unspecified atom stereocenters. The van der Waals surface area contributed by atoms with Crippen LogP contribution in [-0.2, 0) is 4.74 Å². The number of halogens is 1. The first-order valence-corrected chi connectivity index (χ1v) is 6.23.